The summed E-state index contributed by atoms with van der Waals surface area (Å²) in [6.07, 6.45) is 1.24. The maximum absolute atomic E-state index is 13.6. The molecule has 8 nitrogen and oxygen atoms in total. The smallest absolute Gasteiger partial charge is 0.407 e. The van der Waals surface area contributed by atoms with E-state index < -0.39 is 6.09 Å². The largest absolute Gasteiger partial charge is 0.490 e. The van der Waals surface area contributed by atoms with Crippen LogP contribution in [0.15, 0.2) is 48.5 Å². The van der Waals surface area contributed by atoms with Gasteiger partial charge in [0.2, 0.25) is 0 Å². The lowest BCUT2D eigenvalue weighted by Crippen LogP contribution is -2.53. The number of piperidine rings is 1. The van der Waals surface area contributed by atoms with Crippen molar-refractivity contribution in [2.75, 3.05) is 33.4 Å². The molecule has 8 heteroatoms. The second-order valence-electron chi connectivity index (χ2n) is 8.60. The zero-order valence-electron chi connectivity index (χ0n) is 20.1. The summed E-state index contributed by atoms with van der Waals surface area (Å²) in [4.78, 5) is 28.3. The van der Waals surface area contributed by atoms with E-state index in [-0.39, 0.29) is 18.0 Å². The first-order chi connectivity index (χ1) is 16.4. The van der Waals surface area contributed by atoms with E-state index in [4.69, 9.17) is 14.2 Å². The van der Waals surface area contributed by atoms with Crippen LogP contribution in [0.1, 0.15) is 43.5 Å². The Hall–Kier alpha value is -3.26. The average molecular weight is 471 g/mol. The fourth-order valence-corrected chi connectivity index (χ4v) is 4.17. The Morgan fingerprint density at radius 2 is 1.88 bits per heavy atom. The molecule has 2 amide bonds. The average Bonchev–Trinajstić information content (AvgIpc) is 2.83. The number of carbonyl (C=O) groups is 2. The number of carboxylic acid groups (broad SMARTS) is 1. The van der Waals surface area contributed by atoms with Gasteiger partial charge >= 0.3 is 6.09 Å². The van der Waals surface area contributed by atoms with Crippen molar-refractivity contribution in [2.45, 2.75) is 45.2 Å². The number of ether oxygens (including phenoxy) is 3. The first-order valence-electron chi connectivity index (χ1n) is 11.7. The molecular weight excluding hydrogens is 436 g/mol. The molecule has 34 heavy (non-hydrogen) atoms. The number of amides is 2. The van der Waals surface area contributed by atoms with E-state index in [1.807, 2.05) is 44.2 Å². The molecular formula is C26H34N2O6. The van der Waals surface area contributed by atoms with Crippen LogP contribution in [0.25, 0.3) is 0 Å². The van der Waals surface area contributed by atoms with E-state index in [0.717, 1.165) is 12.8 Å². The lowest BCUT2D eigenvalue weighted by molar-refractivity contribution is 0.0449. The second kappa shape index (κ2) is 12.3. The van der Waals surface area contributed by atoms with Crippen molar-refractivity contribution < 1.29 is 28.9 Å². The summed E-state index contributed by atoms with van der Waals surface area (Å²) in [5, 5.41) is 9.42. The summed E-state index contributed by atoms with van der Waals surface area (Å²) in [7, 11) is 1.64. The van der Waals surface area contributed by atoms with Crippen LogP contribution in [0.3, 0.4) is 0 Å². The van der Waals surface area contributed by atoms with Crippen molar-refractivity contribution in [1.82, 2.24) is 9.80 Å². The second-order valence-corrected chi connectivity index (χ2v) is 8.60. The number of likely N-dealkylation sites (tertiary alicyclic amines) is 1. The van der Waals surface area contributed by atoms with Crippen LogP contribution < -0.4 is 9.47 Å². The molecule has 0 spiro atoms. The van der Waals surface area contributed by atoms with Crippen LogP contribution in [0.5, 0.6) is 17.2 Å². The van der Waals surface area contributed by atoms with Gasteiger partial charge in [-0.2, -0.15) is 0 Å². The Balaban J connectivity index is 1.85. The van der Waals surface area contributed by atoms with Gasteiger partial charge in [0.05, 0.1) is 12.6 Å². The molecule has 1 saturated heterocycles. The summed E-state index contributed by atoms with van der Waals surface area (Å²) in [6.45, 7) is 5.70. The number of methoxy groups -OCH3 is 1. The maximum Gasteiger partial charge on any atom is 0.407 e. The molecule has 0 unspecified atom stereocenters. The minimum atomic E-state index is -0.949. The normalized spacial score (nSPS) is 15.8. The summed E-state index contributed by atoms with van der Waals surface area (Å²) in [5.41, 5.74) is 0.475. The van der Waals surface area contributed by atoms with Gasteiger partial charge in [-0.3, -0.25) is 4.79 Å². The van der Waals surface area contributed by atoms with Gasteiger partial charge in [-0.05, 0) is 57.0 Å². The van der Waals surface area contributed by atoms with Gasteiger partial charge in [0, 0.05) is 44.8 Å². The van der Waals surface area contributed by atoms with Gasteiger partial charge in [0.25, 0.3) is 5.91 Å². The maximum atomic E-state index is 13.6. The number of para-hydroxylation sites is 1. The summed E-state index contributed by atoms with van der Waals surface area (Å²) < 4.78 is 17.1. The molecule has 0 radical (unpaired) electrons. The molecule has 0 saturated carbocycles. The summed E-state index contributed by atoms with van der Waals surface area (Å²) in [6, 6.07) is 14.3. The number of hydrogen-bond acceptors (Lipinski definition) is 5. The predicted molar refractivity (Wildman–Crippen MR) is 129 cm³/mol. The first-order valence-corrected chi connectivity index (χ1v) is 11.7. The van der Waals surface area contributed by atoms with Crippen LogP contribution in [0.4, 0.5) is 4.79 Å². The topological polar surface area (TPSA) is 88.5 Å². The molecule has 2 aromatic carbocycles. The van der Waals surface area contributed by atoms with Crippen LogP contribution in [0, 0.1) is 0 Å². The monoisotopic (exact) mass is 470 g/mol. The highest BCUT2D eigenvalue weighted by molar-refractivity contribution is 5.95. The van der Waals surface area contributed by atoms with Crippen molar-refractivity contribution in [3.8, 4) is 17.2 Å². The molecule has 0 aliphatic carbocycles. The summed E-state index contributed by atoms with van der Waals surface area (Å²) in [5.74, 6) is 1.51. The molecule has 1 fully saturated rings. The molecule has 1 atom stereocenters. The number of hydrogen-bond donors (Lipinski definition) is 1. The van der Waals surface area contributed by atoms with E-state index in [0.29, 0.717) is 55.5 Å². The van der Waals surface area contributed by atoms with Crippen molar-refractivity contribution in [2.24, 2.45) is 0 Å². The van der Waals surface area contributed by atoms with E-state index in [1.54, 1.807) is 30.2 Å². The van der Waals surface area contributed by atoms with E-state index in [1.165, 1.54) is 4.90 Å². The lowest BCUT2D eigenvalue weighted by atomic mass is 10.0. The molecule has 2 aromatic rings. The van der Waals surface area contributed by atoms with E-state index in [9.17, 15) is 14.7 Å². The Kier molecular flexibility index (Phi) is 9.16. The number of benzene rings is 2. The number of nitrogens with zero attached hydrogens (tertiary/aromatic N) is 2. The van der Waals surface area contributed by atoms with Gasteiger partial charge in [0.1, 0.15) is 5.75 Å². The van der Waals surface area contributed by atoms with Gasteiger partial charge in [-0.15, -0.1) is 0 Å². The Morgan fingerprint density at radius 3 is 2.56 bits per heavy atom. The fraction of sp³-hybridized carbons (Fsp3) is 0.462. The molecule has 1 aliphatic rings. The van der Waals surface area contributed by atoms with E-state index in [2.05, 4.69) is 0 Å². The highest BCUT2D eigenvalue weighted by Crippen LogP contribution is 2.33. The molecule has 0 aromatic heterocycles. The molecule has 1 N–H and O–H groups in total. The summed E-state index contributed by atoms with van der Waals surface area (Å²) >= 11 is 0. The zero-order chi connectivity index (χ0) is 24.5. The minimum Gasteiger partial charge on any atom is -0.490 e. The quantitative estimate of drug-likeness (QED) is 0.498. The lowest BCUT2D eigenvalue weighted by Gasteiger charge is -2.40. The van der Waals surface area contributed by atoms with Gasteiger partial charge in [-0.1, -0.05) is 18.2 Å². The van der Waals surface area contributed by atoms with Crippen LogP contribution in [0.2, 0.25) is 0 Å². The Bertz CT molecular complexity index is 950. The molecule has 3 rings (SSSR count). The third kappa shape index (κ3) is 6.63. The van der Waals surface area contributed by atoms with Crippen molar-refractivity contribution >= 4 is 12.0 Å². The van der Waals surface area contributed by atoms with Crippen LogP contribution in [-0.2, 0) is 4.74 Å². The SMILES string of the molecule is COCCCOc1cc(C(=O)N(C(C)C)[C@@H]2CCCN(C(=O)O)C2)ccc1Oc1ccccc1. The van der Waals surface area contributed by atoms with Gasteiger partial charge < -0.3 is 29.1 Å². The number of carbonyl (C=O) groups excluding carboxylic acids is 1. The molecule has 184 valence electrons. The highest BCUT2D eigenvalue weighted by atomic mass is 16.5. The highest BCUT2D eigenvalue weighted by Gasteiger charge is 2.33. The Labute approximate surface area is 201 Å². The minimum absolute atomic E-state index is 0.0856. The third-order valence-electron chi connectivity index (χ3n) is 5.76. The Morgan fingerprint density at radius 1 is 1.12 bits per heavy atom. The molecule has 1 aliphatic heterocycles. The van der Waals surface area contributed by atoms with Crippen molar-refractivity contribution in [3.63, 3.8) is 0 Å². The van der Waals surface area contributed by atoms with Crippen LogP contribution >= 0.6 is 0 Å². The third-order valence-corrected chi connectivity index (χ3v) is 5.76. The van der Waals surface area contributed by atoms with Crippen molar-refractivity contribution in [3.05, 3.63) is 54.1 Å². The standard InChI is InChI=1S/C26H34N2O6/c1-19(2)28(21-9-7-14-27(18-21)26(30)31)25(29)20-12-13-23(34-22-10-5-4-6-11-22)24(17-20)33-16-8-15-32-3/h4-6,10-13,17,19,21H,7-9,14-16,18H2,1-3H3,(H,30,31)/t21-/m1/s1. The first kappa shape index (κ1) is 25.4. The number of rotatable bonds is 10. The van der Waals surface area contributed by atoms with Gasteiger partial charge in [-0.25, -0.2) is 4.79 Å². The van der Waals surface area contributed by atoms with Crippen LogP contribution in [-0.4, -0.2) is 72.4 Å². The fourth-order valence-electron chi connectivity index (χ4n) is 4.17. The zero-order valence-corrected chi connectivity index (χ0v) is 20.1. The van der Waals surface area contributed by atoms with Gasteiger partial charge in [0.15, 0.2) is 11.5 Å². The van der Waals surface area contributed by atoms with E-state index >= 15 is 0 Å². The molecule has 1 heterocycles. The molecule has 0 bridgehead atoms. The predicted octanol–water partition coefficient (Wildman–Crippen LogP) is 4.89. The van der Waals surface area contributed by atoms with Crippen molar-refractivity contribution in [1.29, 1.82) is 0 Å².